The third-order valence-corrected chi connectivity index (χ3v) is 2.84. The Morgan fingerprint density at radius 2 is 2.14 bits per heavy atom. The predicted molar refractivity (Wildman–Crippen MR) is 62.5 cm³/mol. The van der Waals surface area contributed by atoms with Crippen LogP contribution in [0.4, 0.5) is 10.1 Å². The first kappa shape index (κ1) is 11.4. The number of benzene rings is 1. The molecule has 0 atom stereocenters. The van der Waals surface area contributed by atoms with Gasteiger partial charge in [-0.1, -0.05) is 19.1 Å². The molecule has 1 aromatic rings. The maximum Gasteiger partial charge on any atom is 0.146 e. The fourth-order valence-corrected chi connectivity index (χ4v) is 1.78. The third-order valence-electron chi connectivity index (χ3n) is 1.86. The molecule has 0 heterocycles. The molecule has 0 saturated carbocycles. The topological polar surface area (TPSA) is 12.0 Å². The van der Waals surface area contributed by atoms with E-state index in [4.69, 9.17) is 0 Å². The van der Waals surface area contributed by atoms with Gasteiger partial charge in [0, 0.05) is 6.54 Å². The summed E-state index contributed by atoms with van der Waals surface area (Å²) in [6, 6.07) is 6.78. The molecule has 0 aliphatic rings. The maximum atomic E-state index is 13.1. The molecular weight excluding hydrogens is 197 g/mol. The van der Waals surface area contributed by atoms with Gasteiger partial charge in [0.05, 0.1) is 5.69 Å². The van der Waals surface area contributed by atoms with Crippen molar-refractivity contribution in [2.75, 3.05) is 23.4 Å². The van der Waals surface area contributed by atoms with Gasteiger partial charge in [-0.25, -0.2) is 4.39 Å². The fourth-order valence-electron chi connectivity index (χ4n) is 1.15. The number of rotatable bonds is 6. The molecule has 0 aromatic heterocycles. The summed E-state index contributed by atoms with van der Waals surface area (Å²) in [6.07, 6.45) is 1.08. The van der Waals surface area contributed by atoms with Gasteiger partial charge in [0.2, 0.25) is 0 Å². The molecular formula is C11H16FNS. The number of thioether (sulfide) groups is 1. The zero-order chi connectivity index (χ0) is 10.2. The van der Waals surface area contributed by atoms with E-state index in [9.17, 15) is 4.39 Å². The van der Waals surface area contributed by atoms with Crippen LogP contribution in [-0.4, -0.2) is 18.1 Å². The van der Waals surface area contributed by atoms with Crippen molar-refractivity contribution in [3.05, 3.63) is 30.1 Å². The summed E-state index contributed by atoms with van der Waals surface area (Å²) in [7, 11) is 0. The van der Waals surface area contributed by atoms with Crippen LogP contribution >= 0.6 is 11.8 Å². The van der Waals surface area contributed by atoms with E-state index in [-0.39, 0.29) is 5.82 Å². The normalized spacial score (nSPS) is 10.1. The molecule has 78 valence electrons. The van der Waals surface area contributed by atoms with Gasteiger partial charge in [0.15, 0.2) is 0 Å². The molecule has 0 fully saturated rings. The number of hydrogen-bond donors (Lipinski definition) is 1. The average molecular weight is 213 g/mol. The SMILES string of the molecule is CCSCCCNc1ccccc1F. The average Bonchev–Trinajstić information content (AvgIpc) is 2.20. The Morgan fingerprint density at radius 3 is 2.86 bits per heavy atom. The first-order chi connectivity index (χ1) is 6.84. The minimum atomic E-state index is -0.171. The lowest BCUT2D eigenvalue weighted by Gasteiger charge is -2.06. The van der Waals surface area contributed by atoms with Crippen LogP contribution in [0.15, 0.2) is 24.3 Å². The molecule has 0 amide bonds. The first-order valence-electron chi connectivity index (χ1n) is 4.90. The summed E-state index contributed by atoms with van der Waals surface area (Å²) in [6.45, 7) is 2.99. The van der Waals surface area contributed by atoms with Gasteiger partial charge >= 0.3 is 0 Å². The van der Waals surface area contributed by atoms with Crippen LogP contribution in [0.1, 0.15) is 13.3 Å². The van der Waals surface area contributed by atoms with E-state index in [0.29, 0.717) is 5.69 Å². The largest absolute Gasteiger partial charge is 0.383 e. The first-order valence-corrected chi connectivity index (χ1v) is 6.06. The van der Waals surface area contributed by atoms with E-state index in [1.54, 1.807) is 12.1 Å². The maximum absolute atomic E-state index is 13.1. The quantitative estimate of drug-likeness (QED) is 0.727. The summed E-state index contributed by atoms with van der Waals surface area (Å²) >= 11 is 1.91. The predicted octanol–water partition coefficient (Wildman–Crippen LogP) is 3.38. The summed E-state index contributed by atoms with van der Waals surface area (Å²) < 4.78 is 13.1. The molecule has 0 aliphatic carbocycles. The summed E-state index contributed by atoms with van der Waals surface area (Å²) in [5, 5.41) is 3.08. The molecule has 0 spiro atoms. The van der Waals surface area contributed by atoms with Crippen LogP contribution in [0.2, 0.25) is 0 Å². The van der Waals surface area contributed by atoms with Gasteiger partial charge < -0.3 is 5.32 Å². The Bertz CT molecular complexity index is 265. The second-order valence-electron chi connectivity index (χ2n) is 2.96. The standard InChI is InChI=1S/C11H16FNS/c1-2-14-9-5-8-13-11-7-4-3-6-10(11)12/h3-4,6-7,13H,2,5,8-9H2,1H3. The molecule has 1 N–H and O–H groups in total. The second-order valence-corrected chi connectivity index (χ2v) is 4.35. The van der Waals surface area contributed by atoms with Crippen molar-refractivity contribution in [2.24, 2.45) is 0 Å². The minimum absolute atomic E-state index is 0.171. The Labute approximate surface area is 89.1 Å². The van der Waals surface area contributed by atoms with Crippen LogP contribution in [0.3, 0.4) is 0 Å². The second kappa shape index (κ2) is 6.71. The highest BCUT2D eigenvalue weighted by Crippen LogP contribution is 2.12. The lowest BCUT2D eigenvalue weighted by molar-refractivity contribution is 0.630. The Hall–Kier alpha value is -0.700. The molecule has 1 rings (SSSR count). The smallest absolute Gasteiger partial charge is 0.146 e. The Morgan fingerprint density at radius 1 is 1.36 bits per heavy atom. The van der Waals surface area contributed by atoms with E-state index in [0.717, 1.165) is 24.5 Å². The molecule has 1 nitrogen and oxygen atoms in total. The Kier molecular flexibility index (Phi) is 5.45. The fraction of sp³-hybridized carbons (Fsp3) is 0.455. The van der Waals surface area contributed by atoms with Gasteiger partial charge in [-0.05, 0) is 30.1 Å². The van der Waals surface area contributed by atoms with Crippen molar-refractivity contribution in [1.82, 2.24) is 0 Å². The molecule has 0 unspecified atom stereocenters. The highest BCUT2D eigenvalue weighted by Gasteiger charge is 1.97. The zero-order valence-corrected chi connectivity index (χ0v) is 9.24. The van der Waals surface area contributed by atoms with E-state index in [1.807, 2.05) is 17.8 Å². The highest BCUT2D eigenvalue weighted by atomic mass is 32.2. The van der Waals surface area contributed by atoms with Crippen molar-refractivity contribution >= 4 is 17.4 Å². The summed E-state index contributed by atoms with van der Waals surface area (Å²) in [4.78, 5) is 0. The number of para-hydroxylation sites is 1. The van der Waals surface area contributed by atoms with E-state index in [1.165, 1.54) is 6.07 Å². The van der Waals surface area contributed by atoms with Crippen LogP contribution in [0.5, 0.6) is 0 Å². The third kappa shape index (κ3) is 4.01. The highest BCUT2D eigenvalue weighted by molar-refractivity contribution is 7.99. The summed E-state index contributed by atoms with van der Waals surface area (Å²) in [5.74, 6) is 2.12. The number of nitrogens with one attached hydrogen (secondary N) is 1. The summed E-state index contributed by atoms with van der Waals surface area (Å²) in [5.41, 5.74) is 0.606. The number of halogens is 1. The van der Waals surface area contributed by atoms with Gasteiger partial charge in [-0.2, -0.15) is 11.8 Å². The van der Waals surface area contributed by atoms with Gasteiger partial charge in [-0.3, -0.25) is 0 Å². The zero-order valence-electron chi connectivity index (χ0n) is 8.42. The lowest BCUT2D eigenvalue weighted by atomic mass is 10.3. The molecule has 0 saturated heterocycles. The molecule has 0 bridgehead atoms. The Balaban J connectivity index is 2.21. The van der Waals surface area contributed by atoms with Gasteiger partial charge in [0.25, 0.3) is 0 Å². The van der Waals surface area contributed by atoms with Crippen molar-refractivity contribution in [1.29, 1.82) is 0 Å². The van der Waals surface area contributed by atoms with Crippen molar-refractivity contribution < 1.29 is 4.39 Å². The number of hydrogen-bond acceptors (Lipinski definition) is 2. The lowest BCUT2D eigenvalue weighted by Crippen LogP contribution is -2.04. The molecule has 1 aromatic carbocycles. The van der Waals surface area contributed by atoms with Crippen molar-refractivity contribution in [3.63, 3.8) is 0 Å². The minimum Gasteiger partial charge on any atom is -0.383 e. The van der Waals surface area contributed by atoms with E-state index in [2.05, 4.69) is 12.2 Å². The van der Waals surface area contributed by atoms with Crippen LogP contribution in [-0.2, 0) is 0 Å². The van der Waals surface area contributed by atoms with E-state index >= 15 is 0 Å². The molecule has 3 heteroatoms. The molecule has 14 heavy (non-hydrogen) atoms. The van der Waals surface area contributed by atoms with Crippen LogP contribution in [0, 0.1) is 5.82 Å². The van der Waals surface area contributed by atoms with Crippen molar-refractivity contribution in [3.8, 4) is 0 Å². The van der Waals surface area contributed by atoms with Crippen LogP contribution < -0.4 is 5.32 Å². The molecule has 0 radical (unpaired) electrons. The van der Waals surface area contributed by atoms with Crippen LogP contribution in [0.25, 0.3) is 0 Å². The number of anilines is 1. The monoisotopic (exact) mass is 213 g/mol. The van der Waals surface area contributed by atoms with Gasteiger partial charge in [-0.15, -0.1) is 0 Å². The van der Waals surface area contributed by atoms with Crippen molar-refractivity contribution in [2.45, 2.75) is 13.3 Å². The molecule has 0 aliphatic heterocycles. The van der Waals surface area contributed by atoms with E-state index < -0.39 is 0 Å². The van der Waals surface area contributed by atoms with Gasteiger partial charge in [0.1, 0.15) is 5.82 Å².